The minimum Gasteiger partial charge on any atom is -0.378 e. The molecule has 0 aromatic heterocycles. The van der Waals surface area contributed by atoms with Crippen LogP contribution in [0.5, 0.6) is 0 Å². The number of amides is 1. The van der Waals surface area contributed by atoms with Crippen molar-refractivity contribution in [2.24, 2.45) is 0 Å². The molecule has 0 radical (unpaired) electrons. The average molecular weight is 436 g/mol. The molecule has 0 spiro atoms. The lowest BCUT2D eigenvalue weighted by Crippen LogP contribution is -2.53. The summed E-state index contributed by atoms with van der Waals surface area (Å²) in [5, 5.41) is 12.3. The van der Waals surface area contributed by atoms with Crippen molar-refractivity contribution < 1.29 is 9.90 Å². The highest BCUT2D eigenvalue weighted by Crippen LogP contribution is 2.42. The van der Waals surface area contributed by atoms with E-state index in [0.717, 1.165) is 30.4 Å². The van der Waals surface area contributed by atoms with Crippen molar-refractivity contribution in [3.05, 3.63) is 83.4 Å². The molecule has 1 N–H and O–H groups in total. The first-order valence-corrected chi connectivity index (χ1v) is 15.0. The van der Waals surface area contributed by atoms with Crippen molar-refractivity contribution in [1.29, 1.82) is 0 Å². The Morgan fingerprint density at radius 3 is 2.03 bits per heavy atom. The van der Waals surface area contributed by atoms with Crippen molar-refractivity contribution in [1.82, 2.24) is 4.90 Å². The lowest BCUT2D eigenvalue weighted by Gasteiger charge is -2.42. The molecular weight excluding hydrogens is 398 g/mol. The lowest BCUT2D eigenvalue weighted by atomic mass is 9.79. The van der Waals surface area contributed by atoms with E-state index in [4.69, 9.17) is 0 Å². The van der Waals surface area contributed by atoms with Crippen LogP contribution in [0.15, 0.2) is 72.3 Å². The summed E-state index contributed by atoms with van der Waals surface area (Å²) in [6.45, 7) is 11.7. The summed E-state index contributed by atoms with van der Waals surface area (Å²) in [6.07, 6.45) is 4.70. The van der Waals surface area contributed by atoms with Gasteiger partial charge in [0.1, 0.15) is 5.60 Å². The first kappa shape index (κ1) is 23.5. The van der Waals surface area contributed by atoms with Crippen LogP contribution in [0.4, 0.5) is 0 Å². The van der Waals surface area contributed by atoms with Gasteiger partial charge in [0.15, 0.2) is 0 Å². The summed E-state index contributed by atoms with van der Waals surface area (Å²) in [7, 11) is -1.75. The monoisotopic (exact) mass is 435 g/mol. The van der Waals surface area contributed by atoms with Gasteiger partial charge in [-0.15, -0.1) is 0 Å². The van der Waals surface area contributed by atoms with Crippen LogP contribution < -0.4 is 0 Å². The molecule has 1 heterocycles. The fourth-order valence-corrected chi connectivity index (χ4v) is 6.51. The van der Waals surface area contributed by atoms with Crippen molar-refractivity contribution in [3.8, 4) is 0 Å². The fourth-order valence-electron chi connectivity index (χ4n) is 4.78. The molecule has 3 rings (SSSR count). The Kier molecular flexibility index (Phi) is 7.23. The molecule has 0 aliphatic carbocycles. The number of carbonyl (C=O) groups excluding carboxylic acids is 1. The maximum Gasteiger partial charge on any atom is 0.223 e. The summed E-state index contributed by atoms with van der Waals surface area (Å²) in [4.78, 5) is 15.9. The standard InChI is InChI=1S/C27H37NO2Si/c1-21(2)18-19-24(31(3,4)5)26(29)28-20-12-17-25(28)27(30,22-13-8-6-9-14-22)23-15-10-7-11-16-23/h6-11,13-16,18,24-25,30H,12,17,19-20H2,1-5H3/t24-,25-/m0/s1. The number of nitrogens with zero attached hydrogens (tertiary/aromatic N) is 1. The van der Waals surface area contributed by atoms with E-state index in [0.29, 0.717) is 6.54 Å². The number of hydrogen-bond acceptors (Lipinski definition) is 2. The number of allylic oxidation sites excluding steroid dienone is 2. The predicted molar refractivity (Wildman–Crippen MR) is 132 cm³/mol. The van der Waals surface area contributed by atoms with Gasteiger partial charge >= 0.3 is 0 Å². The van der Waals surface area contributed by atoms with Gasteiger partial charge in [0, 0.05) is 12.1 Å². The van der Waals surface area contributed by atoms with Crippen LogP contribution in [0.1, 0.15) is 44.2 Å². The molecule has 31 heavy (non-hydrogen) atoms. The summed E-state index contributed by atoms with van der Waals surface area (Å²) in [5.74, 6) is 0.212. The second-order valence-electron chi connectivity index (χ2n) is 10.1. The van der Waals surface area contributed by atoms with Gasteiger partial charge in [-0.25, -0.2) is 0 Å². The number of rotatable bonds is 7. The molecule has 3 nitrogen and oxygen atoms in total. The van der Waals surface area contributed by atoms with Crippen LogP contribution in [0.25, 0.3) is 0 Å². The van der Waals surface area contributed by atoms with Gasteiger partial charge in [0.25, 0.3) is 0 Å². The second-order valence-corrected chi connectivity index (χ2v) is 15.6. The van der Waals surface area contributed by atoms with E-state index in [1.165, 1.54) is 5.57 Å². The fraction of sp³-hybridized carbons (Fsp3) is 0.444. The van der Waals surface area contributed by atoms with E-state index < -0.39 is 13.7 Å². The zero-order valence-electron chi connectivity index (χ0n) is 19.6. The molecule has 1 aliphatic heterocycles. The summed E-state index contributed by atoms with van der Waals surface area (Å²) in [6, 6.07) is 19.4. The highest BCUT2D eigenvalue weighted by molar-refractivity contribution is 6.80. The molecule has 1 saturated heterocycles. The van der Waals surface area contributed by atoms with E-state index in [1.54, 1.807) is 0 Å². The van der Waals surface area contributed by atoms with Crippen LogP contribution in [0.3, 0.4) is 0 Å². The molecule has 2 aromatic carbocycles. The Bertz CT molecular complexity index is 858. The largest absolute Gasteiger partial charge is 0.378 e. The molecule has 1 aliphatic rings. The van der Waals surface area contributed by atoms with E-state index >= 15 is 0 Å². The topological polar surface area (TPSA) is 40.5 Å². The number of aliphatic hydroxyl groups is 1. The van der Waals surface area contributed by atoms with Crippen LogP contribution >= 0.6 is 0 Å². The van der Waals surface area contributed by atoms with Gasteiger partial charge in [-0.2, -0.15) is 0 Å². The molecule has 0 saturated carbocycles. The van der Waals surface area contributed by atoms with Gasteiger partial charge in [0.05, 0.1) is 14.1 Å². The van der Waals surface area contributed by atoms with Crippen molar-refractivity contribution in [3.63, 3.8) is 0 Å². The average Bonchev–Trinajstić information content (AvgIpc) is 3.24. The SMILES string of the molecule is CC(C)=CC[C@@H](C(=O)N1CCC[C@H]1C(O)(c1ccccc1)c1ccccc1)[Si](C)(C)C. The zero-order valence-corrected chi connectivity index (χ0v) is 20.6. The normalized spacial score (nSPS) is 18.0. The highest BCUT2D eigenvalue weighted by atomic mass is 28.3. The van der Waals surface area contributed by atoms with E-state index in [-0.39, 0.29) is 17.5 Å². The Labute approximate surface area is 188 Å². The molecule has 166 valence electrons. The predicted octanol–water partition coefficient (Wildman–Crippen LogP) is 5.98. The van der Waals surface area contributed by atoms with Gasteiger partial charge in [-0.05, 0) is 44.2 Å². The maximum absolute atomic E-state index is 13.9. The summed E-state index contributed by atoms with van der Waals surface area (Å²) in [5.41, 5.74) is 1.73. The first-order valence-electron chi connectivity index (χ1n) is 11.4. The third-order valence-electron chi connectivity index (χ3n) is 6.55. The number of carbonyl (C=O) groups is 1. The van der Waals surface area contributed by atoms with Gasteiger partial charge in [-0.3, -0.25) is 4.79 Å². The first-order chi connectivity index (χ1) is 14.7. The van der Waals surface area contributed by atoms with Crippen molar-refractivity contribution in [2.45, 2.75) is 69.9 Å². The minimum absolute atomic E-state index is 0.0128. The van der Waals surface area contributed by atoms with Crippen LogP contribution in [-0.2, 0) is 10.4 Å². The van der Waals surface area contributed by atoms with Gasteiger partial charge < -0.3 is 10.0 Å². The smallest absolute Gasteiger partial charge is 0.223 e. The molecule has 2 aromatic rings. The lowest BCUT2D eigenvalue weighted by molar-refractivity contribution is -0.136. The molecule has 1 fully saturated rings. The third kappa shape index (κ3) is 5.02. The molecule has 2 atom stereocenters. The third-order valence-corrected chi connectivity index (χ3v) is 9.12. The molecule has 1 amide bonds. The Morgan fingerprint density at radius 2 is 1.58 bits per heavy atom. The molecule has 0 unspecified atom stereocenters. The number of likely N-dealkylation sites (tertiary alicyclic amines) is 1. The second kappa shape index (κ2) is 9.54. The Hall–Kier alpha value is -2.17. The minimum atomic E-state index is -1.75. The number of benzene rings is 2. The summed E-state index contributed by atoms with van der Waals surface area (Å²) >= 11 is 0. The molecule has 0 bridgehead atoms. The van der Waals surface area contributed by atoms with Crippen molar-refractivity contribution >= 4 is 14.0 Å². The highest BCUT2D eigenvalue weighted by Gasteiger charge is 2.49. The van der Waals surface area contributed by atoms with E-state index in [1.807, 2.05) is 65.6 Å². The quantitative estimate of drug-likeness (QED) is 0.429. The van der Waals surface area contributed by atoms with Crippen LogP contribution in [0, 0.1) is 0 Å². The van der Waals surface area contributed by atoms with E-state index in [9.17, 15) is 9.90 Å². The Balaban J connectivity index is 2.04. The molecule has 4 heteroatoms. The van der Waals surface area contributed by atoms with Gasteiger partial charge in [-0.1, -0.05) is 92.0 Å². The maximum atomic E-state index is 13.9. The molecular formula is C27H37NO2Si. The van der Waals surface area contributed by atoms with Gasteiger partial charge in [0.2, 0.25) is 5.91 Å². The van der Waals surface area contributed by atoms with Crippen LogP contribution in [-0.4, -0.2) is 36.6 Å². The zero-order chi connectivity index (χ0) is 22.6. The number of hydrogen-bond donors (Lipinski definition) is 1. The van der Waals surface area contributed by atoms with Crippen molar-refractivity contribution in [2.75, 3.05) is 6.54 Å². The summed E-state index contributed by atoms with van der Waals surface area (Å²) < 4.78 is 0. The Morgan fingerprint density at radius 1 is 1.06 bits per heavy atom. The van der Waals surface area contributed by atoms with E-state index in [2.05, 4.69) is 39.6 Å². The van der Waals surface area contributed by atoms with Crippen LogP contribution in [0.2, 0.25) is 25.2 Å².